The van der Waals surface area contributed by atoms with Crippen LogP contribution in [0.25, 0.3) is 0 Å². The van der Waals surface area contributed by atoms with Crippen LogP contribution in [0.3, 0.4) is 0 Å². The van der Waals surface area contributed by atoms with Gasteiger partial charge in [0.05, 0.1) is 18.2 Å². The zero-order valence-corrected chi connectivity index (χ0v) is 11.8. The molecule has 0 aromatic rings. The smallest absolute Gasteiger partial charge is 0.329 e. The molecule has 7 heteroatoms. The van der Waals surface area contributed by atoms with Gasteiger partial charge in [-0.1, -0.05) is 0 Å². The second-order valence-electron chi connectivity index (χ2n) is 5.72. The van der Waals surface area contributed by atoms with Crippen molar-refractivity contribution in [2.45, 2.75) is 31.5 Å². The van der Waals surface area contributed by atoms with Crippen LogP contribution in [0.4, 0.5) is 0 Å². The van der Waals surface area contributed by atoms with Gasteiger partial charge >= 0.3 is 5.97 Å². The van der Waals surface area contributed by atoms with Crippen LogP contribution < -0.4 is 5.32 Å². The number of rotatable bonds is 7. The molecule has 2 rings (SSSR count). The maximum Gasteiger partial charge on any atom is 0.329 e. The fourth-order valence-electron chi connectivity index (χ4n) is 2.63. The van der Waals surface area contributed by atoms with Crippen LogP contribution in [0.2, 0.25) is 0 Å². The summed E-state index contributed by atoms with van der Waals surface area (Å²) in [5.41, 5.74) is -0.451. The number of amides is 1. The summed E-state index contributed by atoms with van der Waals surface area (Å²) in [6.07, 6.45) is 2.22. The molecule has 2 aliphatic heterocycles. The van der Waals surface area contributed by atoms with Gasteiger partial charge in [0, 0.05) is 26.2 Å². The van der Waals surface area contributed by atoms with Crippen LogP contribution in [-0.2, 0) is 19.1 Å². The third kappa shape index (κ3) is 4.43. The molecule has 2 aliphatic rings. The highest BCUT2D eigenvalue weighted by molar-refractivity contribution is 5.78. The van der Waals surface area contributed by atoms with E-state index >= 15 is 0 Å². The maximum atomic E-state index is 11.7. The number of likely N-dealkylation sites (tertiary alicyclic amines) is 1. The molecule has 1 atom stereocenters. The average molecular weight is 286 g/mol. The minimum absolute atomic E-state index is 0.0271. The fourth-order valence-corrected chi connectivity index (χ4v) is 2.63. The maximum absolute atomic E-state index is 11.7. The molecule has 0 aliphatic carbocycles. The highest BCUT2D eigenvalue weighted by Gasteiger charge is 2.40. The summed E-state index contributed by atoms with van der Waals surface area (Å²) in [4.78, 5) is 24.1. The van der Waals surface area contributed by atoms with E-state index in [2.05, 4.69) is 5.32 Å². The Kier molecular flexibility index (Phi) is 4.95. The second-order valence-corrected chi connectivity index (χ2v) is 5.72. The van der Waals surface area contributed by atoms with Gasteiger partial charge in [0.1, 0.15) is 6.61 Å². The number of nitrogens with zero attached hydrogens (tertiary/aromatic N) is 1. The van der Waals surface area contributed by atoms with Crippen LogP contribution in [0.1, 0.15) is 19.8 Å². The van der Waals surface area contributed by atoms with Crippen molar-refractivity contribution < 1.29 is 24.2 Å². The number of hydrogen-bond acceptors (Lipinski definition) is 5. The van der Waals surface area contributed by atoms with E-state index in [9.17, 15) is 9.59 Å². The minimum Gasteiger partial charge on any atom is -0.480 e. The van der Waals surface area contributed by atoms with E-state index in [1.807, 2.05) is 11.8 Å². The van der Waals surface area contributed by atoms with Gasteiger partial charge in [-0.15, -0.1) is 0 Å². The van der Waals surface area contributed by atoms with Crippen LogP contribution in [0.15, 0.2) is 0 Å². The molecular weight excluding hydrogens is 264 g/mol. The molecule has 20 heavy (non-hydrogen) atoms. The highest BCUT2D eigenvalue weighted by Crippen LogP contribution is 2.23. The quantitative estimate of drug-likeness (QED) is 0.653. The van der Waals surface area contributed by atoms with Gasteiger partial charge in [0.15, 0.2) is 0 Å². The topological polar surface area (TPSA) is 88.1 Å². The number of ether oxygens (including phenoxy) is 2. The lowest BCUT2D eigenvalue weighted by Gasteiger charge is -2.46. The summed E-state index contributed by atoms with van der Waals surface area (Å²) in [6, 6.07) is 0. The summed E-state index contributed by atoms with van der Waals surface area (Å²) in [5, 5.41) is 11.4. The molecule has 0 aromatic heterocycles. The van der Waals surface area contributed by atoms with E-state index in [1.165, 1.54) is 0 Å². The van der Waals surface area contributed by atoms with E-state index in [0.717, 1.165) is 19.4 Å². The van der Waals surface area contributed by atoms with Crippen molar-refractivity contribution in [2.75, 3.05) is 39.4 Å². The van der Waals surface area contributed by atoms with Crippen molar-refractivity contribution in [3.63, 3.8) is 0 Å². The third-order valence-electron chi connectivity index (χ3n) is 3.58. The molecule has 2 heterocycles. The first-order chi connectivity index (χ1) is 9.47. The minimum atomic E-state index is -0.973. The Hall–Kier alpha value is -1.18. The second kappa shape index (κ2) is 6.51. The molecule has 2 saturated heterocycles. The molecule has 0 radical (unpaired) electrons. The predicted molar refractivity (Wildman–Crippen MR) is 70.4 cm³/mol. The van der Waals surface area contributed by atoms with E-state index in [1.54, 1.807) is 0 Å². The van der Waals surface area contributed by atoms with Crippen LogP contribution in [-0.4, -0.2) is 73.0 Å². The highest BCUT2D eigenvalue weighted by atomic mass is 16.5. The Morgan fingerprint density at radius 3 is 2.85 bits per heavy atom. The van der Waals surface area contributed by atoms with Crippen molar-refractivity contribution in [2.24, 2.45) is 0 Å². The molecule has 0 bridgehead atoms. The summed E-state index contributed by atoms with van der Waals surface area (Å²) in [5.74, 6) is -1.00. The Morgan fingerprint density at radius 1 is 1.50 bits per heavy atom. The zero-order valence-electron chi connectivity index (χ0n) is 11.8. The SMILES string of the molecule is CC1(OCC(=O)O)CN(CC(=O)NCC2CCCO2)C1. The Labute approximate surface area is 118 Å². The summed E-state index contributed by atoms with van der Waals surface area (Å²) in [7, 11) is 0. The first-order valence-corrected chi connectivity index (χ1v) is 6.93. The molecule has 2 fully saturated rings. The first kappa shape index (κ1) is 15.2. The van der Waals surface area contributed by atoms with Gasteiger partial charge in [0.25, 0.3) is 0 Å². The Morgan fingerprint density at radius 2 is 2.25 bits per heavy atom. The zero-order chi connectivity index (χ0) is 14.6. The number of carbonyl (C=O) groups excluding carboxylic acids is 1. The van der Waals surface area contributed by atoms with Gasteiger partial charge in [-0.25, -0.2) is 4.79 Å². The van der Waals surface area contributed by atoms with Crippen molar-refractivity contribution in [3.8, 4) is 0 Å². The van der Waals surface area contributed by atoms with Crippen LogP contribution >= 0.6 is 0 Å². The van der Waals surface area contributed by atoms with Gasteiger partial charge in [-0.2, -0.15) is 0 Å². The number of aliphatic carboxylic acids is 1. The molecule has 2 N–H and O–H groups in total. The molecule has 114 valence electrons. The lowest BCUT2D eigenvalue weighted by Crippen LogP contribution is -2.63. The van der Waals surface area contributed by atoms with E-state index < -0.39 is 11.6 Å². The number of nitrogens with one attached hydrogen (secondary N) is 1. The predicted octanol–water partition coefficient (Wildman–Crippen LogP) is -0.543. The van der Waals surface area contributed by atoms with E-state index in [4.69, 9.17) is 14.6 Å². The van der Waals surface area contributed by atoms with Gasteiger partial charge < -0.3 is 19.9 Å². The van der Waals surface area contributed by atoms with E-state index in [-0.39, 0.29) is 18.6 Å². The first-order valence-electron chi connectivity index (χ1n) is 6.93. The van der Waals surface area contributed by atoms with Crippen molar-refractivity contribution in [3.05, 3.63) is 0 Å². The molecule has 0 saturated carbocycles. The van der Waals surface area contributed by atoms with Gasteiger partial charge in [-0.3, -0.25) is 9.69 Å². The number of carbonyl (C=O) groups is 2. The standard InChI is InChI=1S/C13H22N2O5/c1-13(20-7-12(17)18)8-15(9-13)6-11(16)14-5-10-3-2-4-19-10/h10H,2-9H2,1H3,(H,14,16)(H,17,18). The molecule has 0 aromatic carbocycles. The lowest BCUT2D eigenvalue weighted by atomic mass is 9.96. The van der Waals surface area contributed by atoms with Crippen LogP contribution in [0, 0.1) is 0 Å². The third-order valence-corrected chi connectivity index (χ3v) is 3.58. The largest absolute Gasteiger partial charge is 0.480 e. The van der Waals surface area contributed by atoms with Crippen LogP contribution in [0.5, 0.6) is 0 Å². The Bertz CT molecular complexity index is 362. The fraction of sp³-hybridized carbons (Fsp3) is 0.846. The molecule has 7 nitrogen and oxygen atoms in total. The number of carboxylic acids is 1. The molecule has 1 amide bonds. The normalized spacial score (nSPS) is 25.1. The van der Waals surface area contributed by atoms with Crippen molar-refractivity contribution in [1.29, 1.82) is 0 Å². The van der Waals surface area contributed by atoms with Gasteiger partial charge in [-0.05, 0) is 19.8 Å². The lowest BCUT2D eigenvalue weighted by molar-refractivity contribution is -0.166. The summed E-state index contributed by atoms with van der Waals surface area (Å²) >= 11 is 0. The molecular formula is C13H22N2O5. The van der Waals surface area contributed by atoms with Crippen molar-refractivity contribution in [1.82, 2.24) is 10.2 Å². The molecule has 0 spiro atoms. The molecule has 1 unspecified atom stereocenters. The van der Waals surface area contributed by atoms with Crippen molar-refractivity contribution >= 4 is 11.9 Å². The van der Waals surface area contributed by atoms with Gasteiger partial charge in [0.2, 0.25) is 5.91 Å². The summed E-state index contributed by atoms with van der Waals surface area (Å²) < 4.78 is 10.7. The monoisotopic (exact) mass is 286 g/mol. The van der Waals surface area contributed by atoms with E-state index in [0.29, 0.717) is 26.2 Å². The average Bonchev–Trinajstić information content (AvgIpc) is 2.85. The summed E-state index contributed by atoms with van der Waals surface area (Å²) in [6.45, 7) is 4.39. The number of hydrogen-bond donors (Lipinski definition) is 2. The Balaban J connectivity index is 1.58. The number of carboxylic acid groups (broad SMARTS) is 1.